The molecular weight excluding hydrogens is 218 g/mol. The van der Waals surface area contributed by atoms with Crippen molar-refractivity contribution in [3.05, 3.63) is 0 Å². The van der Waals surface area contributed by atoms with Crippen molar-refractivity contribution in [3.8, 4) is 0 Å². The Labute approximate surface area is 104 Å². The molecule has 0 saturated carbocycles. The highest BCUT2D eigenvalue weighted by Crippen LogP contribution is 2.30. The van der Waals surface area contributed by atoms with E-state index in [1.165, 1.54) is 0 Å². The number of carbonyl (C=O) groups excluding carboxylic acids is 1. The number of ether oxygens (including phenoxy) is 2. The van der Waals surface area contributed by atoms with Gasteiger partial charge in [0.25, 0.3) is 0 Å². The summed E-state index contributed by atoms with van der Waals surface area (Å²) < 4.78 is 10.7. The molecule has 17 heavy (non-hydrogen) atoms. The summed E-state index contributed by atoms with van der Waals surface area (Å²) >= 11 is 0. The van der Waals surface area contributed by atoms with E-state index in [2.05, 4.69) is 18.7 Å². The van der Waals surface area contributed by atoms with Crippen LogP contribution in [-0.4, -0.2) is 49.3 Å². The summed E-state index contributed by atoms with van der Waals surface area (Å²) in [5.41, 5.74) is -0.145. The lowest BCUT2D eigenvalue weighted by Gasteiger charge is -2.44. The molecule has 0 amide bonds. The Balaban J connectivity index is 2.73. The van der Waals surface area contributed by atoms with Crippen molar-refractivity contribution in [1.29, 1.82) is 0 Å². The van der Waals surface area contributed by atoms with E-state index >= 15 is 0 Å². The zero-order valence-corrected chi connectivity index (χ0v) is 11.3. The fraction of sp³-hybridized carbons (Fsp3) is 0.923. The SMILES string of the molecule is CCOC(=O)CC1(N(CC)CC)CCCOC1. The monoisotopic (exact) mass is 243 g/mol. The van der Waals surface area contributed by atoms with Gasteiger partial charge in [-0.3, -0.25) is 9.69 Å². The summed E-state index contributed by atoms with van der Waals surface area (Å²) in [6.45, 7) is 9.90. The summed E-state index contributed by atoms with van der Waals surface area (Å²) in [7, 11) is 0. The molecule has 0 aromatic rings. The molecule has 1 aliphatic heterocycles. The third-order valence-corrected chi connectivity index (χ3v) is 3.51. The second kappa shape index (κ2) is 6.97. The number of esters is 1. The maximum Gasteiger partial charge on any atom is 0.307 e. The lowest BCUT2D eigenvalue weighted by atomic mass is 9.86. The van der Waals surface area contributed by atoms with Crippen LogP contribution < -0.4 is 0 Å². The minimum Gasteiger partial charge on any atom is -0.466 e. The number of hydrogen-bond donors (Lipinski definition) is 0. The van der Waals surface area contributed by atoms with E-state index in [1.807, 2.05) is 6.92 Å². The van der Waals surface area contributed by atoms with Gasteiger partial charge in [-0.1, -0.05) is 13.8 Å². The molecule has 0 N–H and O–H groups in total. The molecule has 1 fully saturated rings. The smallest absolute Gasteiger partial charge is 0.307 e. The van der Waals surface area contributed by atoms with E-state index < -0.39 is 0 Å². The normalized spacial score (nSPS) is 24.9. The molecule has 0 spiro atoms. The first kappa shape index (κ1) is 14.5. The van der Waals surface area contributed by atoms with Gasteiger partial charge in [0.1, 0.15) is 0 Å². The molecule has 0 bridgehead atoms. The molecule has 100 valence electrons. The van der Waals surface area contributed by atoms with Gasteiger partial charge >= 0.3 is 5.97 Å². The molecule has 1 atom stereocenters. The maximum absolute atomic E-state index is 11.7. The highest BCUT2D eigenvalue weighted by atomic mass is 16.5. The predicted molar refractivity (Wildman–Crippen MR) is 67.0 cm³/mol. The standard InChI is InChI=1S/C13H25NO3/c1-4-14(5-2)13(8-7-9-16-11-13)10-12(15)17-6-3/h4-11H2,1-3H3. The number of nitrogens with zero attached hydrogens (tertiary/aromatic N) is 1. The number of hydrogen-bond acceptors (Lipinski definition) is 4. The molecule has 1 unspecified atom stereocenters. The summed E-state index contributed by atoms with van der Waals surface area (Å²) in [4.78, 5) is 14.1. The Bertz CT molecular complexity index is 233. The lowest BCUT2D eigenvalue weighted by molar-refractivity contribution is -0.150. The Morgan fingerprint density at radius 1 is 1.35 bits per heavy atom. The van der Waals surface area contributed by atoms with E-state index in [0.29, 0.717) is 19.6 Å². The van der Waals surface area contributed by atoms with Crippen molar-refractivity contribution >= 4 is 5.97 Å². The van der Waals surface area contributed by atoms with Crippen LogP contribution in [0, 0.1) is 0 Å². The van der Waals surface area contributed by atoms with Crippen LogP contribution in [0.4, 0.5) is 0 Å². The molecule has 1 heterocycles. The topological polar surface area (TPSA) is 38.8 Å². The van der Waals surface area contributed by atoms with Crippen LogP contribution in [0.15, 0.2) is 0 Å². The first-order chi connectivity index (χ1) is 8.18. The average Bonchev–Trinajstić information content (AvgIpc) is 2.31. The van der Waals surface area contributed by atoms with Gasteiger partial charge in [-0.2, -0.15) is 0 Å². The number of rotatable bonds is 6. The fourth-order valence-corrected chi connectivity index (χ4v) is 2.71. The largest absolute Gasteiger partial charge is 0.466 e. The van der Waals surface area contributed by atoms with Gasteiger partial charge < -0.3 is 9.47 Å². The number of carbonyl (C=O) groups is 1. The van der Waals surface area contributed by atoms with Crippen molar-refractivity contribution in [1.82, 2.24) is 4.90 Å². The quantitative estimate of drug-likeness (QED) is 0.667. The minimum absolute atomic E-state index is 0.107. The number of likely N-dealkylation sites (N-methyl/N-ethyl adjacent to an activating group) is 1. The molecule has 1 aliphatic rings. The van der Waals surface area contributed by atoms with Crippen molar-refractivity contribution in [2.45, 2.75) is 45.6 Å². The van der Waals surface area contributed by atoms with E-state index in [1.54, 1.807) is 0 Å². The van der Waals surface area contributed by atoms with Gasteiger partial charge in [0, 0.05) is 6.61 Å². The van der Waals surface area contributed by atoms with Crippen LogP contribution >= 0.6 is 0 Å². The van der Waals surface area contributed by atoms with E-state index in [0.717, 1.165) is 32.5 Å². The van der Waals surface area contributed by atoms with Gasteiger partial charge in [0.15, 0.2) is 0 Å². The zero-order chi connectivity index (χ0) is 12.7. The molecule has 4 nitrogen and oxygen atoms in total. The second-order valence-corrected chi connectivity index (χ2v) is 4.53. The molecule has 0 aliphatic carbocycles. The van der Waals surface area contributed by atoms with Gasteiger partial charge in [0.2, 0.25) is 0 Å². The average molecular weight is 243 g/mol. The lowest BCUT2D eigenvalue weighted by Crippen LogP contribution is -2.55. The third-order valence-electron chi connectivity index (χ3n) is 3.51. The van der Waals surface area contributed by atoms with Crippen LogP contribution in [0.1, 0.15) is 40.0 Å². The predicted octanol–water partition coefficient (Wildman–Crippen LogP) is 1.83. The Morgan fingerprint density at radius 2 is 2.06 bits per heavy atom. The van der Waals surface area contributed by atoms with Gasteiger partial charge in [-0.05, 0) is 32.9 Å². The van der Waals surface area contributed by atoms with E-state index in [4.69, 9.17) is 9.47 Å². The molecule has 0 aromatic carbocycles. The maximum atomic E-state index is 11.7. The Kier molecular flexibility index (Phi) is 5.92. The van der Waals surface area contributed by atoms with Gasteiger partial charge in [-0.25, -0.2) is 0 Å². The Morgan fingerprint density at radius 3 is 2.53 bits per heavy atom. The highest BCUT2D eigenvalue weighted by molar-refractivity contribution is 5.71. The van der Waals surface area contributed by atoms with Crippen LogP contribution in [0.5, 0.6) is 0 Å². The fourth-order valence-electron chi connectivity index (χ4n) is 2.71. The second-order valence-electron chi connectivity index (χ2n) is 4.53. The van der Waals surface area contributed by atoms with Crippen LogP contribution in [0.25, 0.3) is 0 Å². The Hall–Kier alpha value is -0.610. The summed E-state index contributed by atoms with van der Waals surface area (Å²) in [6, 6.07) is 0. The van der Waals surface area contributed by atoms with E-state index in [9.17, 15) is 4.79 Å². The van der Waals surface area contributed by atoms with Crippen LogP contribution in [0.3, 0.4) is 0 Å². The zero-order valence-electron chi connectivity index (χ0n) is 11.3. The van der Waals surface area contributed by atoms with Crippen molar-refractivity contribution in [3.63, 3.8) is 0 Å². The van der Waals surface area contributed by atoms with Crippen LogP contribution in [-0.2, 0) is 14.3 Å². The summed E-state index contributed by atoms with van der Waals surface area (Å²) in [5, 5.41) is 0. The van der Waals surface area contributed by atoms with Crippen molar-refractivity contribution in [2.75, 3.05) is 32.9 Å². The highest BCUT2D eigenvalue weighted by Gasteiger charge is 2.39. The molecule has 0 radical (unpaired) electrons. The minimum atomic E-state index is -0.145. The van der Waals surface area contributed by atoms with Crippen LogP contribution in [0.2, 0.25) is 0 Å². The first-order valence-corrected chi connectivity index (χ1v) is 6.67. The van der Waals surface area contributed by atoms with Gasteiger partial charge in [0.05, 0.1) is 25.2 Å². The molecule has 0 aromatic heterocycles. The van der Waals surface area contributed by atoms with Gasteiger partial charge in [-0.15, -0.1) is 0 Å². The summed E-state index contributed by atoms with van der Waals surface area (Å²) in [6.07, 6.45) is 2.49. The van der Waals surface area contributed by atoms with Crippen molar-refractivity contribution in [2.24, 2.45) is 0 Å². The molecule has 4 heteroatoms. The molecule has 1 saturated heterocycles. The van der Waals surface area contributed by atoms with Crippen molar-refractivity contribution < 1.29 is 14.3 Å². The summed E-state index contributed by atoms with van der Waals surface area (Å²) in [5.74, 6) is -0.107. The third kappa shape index (κ3) is 3.68. The van der Waals surface area contributed by atoms with E-state index in [-0.39, 0.29) is 11.5 Å². The molecule has 1 rings (SSSR count). The molecular formula is C13H25NO3. The first-order valence-electron chi connectivity index (χ1n) is 6.67.